The molecule has 1 aliphatic rings. The first kappa shape index (κ1) is 16.8. The molecule has 1 aromatic carbocycles. The van der Waals surface area contributed by atoms with Crippen LogP contribution in [0.5, 0.6) is 0 Å². The van der Waals surface area contributed by atoms with Gasteiger partial charge in [0, 0.05) is 17.6 Å². The van der Waals surface area contributed by atoms with Crippen molar-refractivity contribution in [3.63, 3.8) is 0 Å². The van der Waals surface area contributed by atoms with E-state index in [1.165, 1.54) is 28.5 Å². The fourth-order valence-corrected chi connectivity index (χ4v) is 4.62. The van der Waals surface area contributed by atoms with Gasteiger partial charge in [0.15, 0.2) is 0 Å². The topological polar surface area (TPSA) is 73.2 Å². The number of carbonyl (C=O) groups is 1. The molecule has 0 bridgehead atoms. The molecule has 0 fully saturated rings. The molecule has 2 aromatic heterocycles. The van der Waals surface area contributed by atoms with Gasteiger partial charge in [-0.15, -0.1) is 11.3 Å². The number of nitrogens with zero attached hydrogens (tertiary/aromatic N) is 2. The van der Waals surface area contributed by atoms with Gasteiger partial charge in [-0.05, 0) is 49.4 Å². The Kier molecular flexibility index (Phi) is 4.24. The molecule has 0 saturated heterocycles. The second kappa shape index (κ2) is 6.57. The average molecular weight is 369 g/mol. The maximum absolute atomic E-state index is 12.9. The van der Waals surface area contributed by atoms with Crippen LogP contribution in [0, 0.1) is 0 Å². The normalized spacial score (nSPS) is 13.5. The van der Waals surface area contributed by atoms with Crippen molar-refractivity contribution >= 4 is 39.2 Å². The van der Waals surface area contributed by atoms with Gasteiger partial charge in [-0.25, -0.2) is 9.78 Å². The molecule has 0 amide bonds. The van der Waals surface area contributed by atoms with Crippen molar-refractivity contribution in [2.45, 2.75) is 25.7 Å². The zero-order valence-electron chi connectivity index (χ0n) is 14.7. The third-order valence-electron chi connectivity index (χ3n) is 4.74. The van der Waals surface area contributed by atoms with Gasteiger partial charge in [0.05, 0.1) is 18.1 Å². The van der Waals surface area contributed by atoms with Crippen molar-refractivity contribution in [1.29, 1.82) is 0 Å². The Morgan fingerprint density at radius 1 is 1.31 bits per heavy atom. The molecule has 0 spiro atoms. The molecule has 3 aromatic rings. The number of hydrogen-bond donors (Lipinski definition) is 1. The van der Waals surface area contributed by atoms with Crippen LogP contribution < -0.4 is 10.9 Å². The van der Waals surface area contributed by atoms with Crippen LogP contribution in [-0.2, 0) is 24.6 Å². The summed E-state index contributed by atoms with van der Waals surface area (Å²) in [7, 11) is 3.06. The molecule has 1 N–H and O–H groups in total. The number of aryl methyl sites for hydroxylation is 2. The number of nitrogens with one attached hydrogen (secondary N) is 1. The molecular weight excluding hydrogens is 350 g/mol. The first-order chi connectivity index (χ1) is 12.6. The highest BCUT2D eigenvalue weighted by Gasteiger charge is 2.21. The third-order valence-corrected chi connectivity index (χ3v) is 5.92. The van der Waals surface area contributed by atoms with Crippen molar-refractivity contribution in [1.82, 2.24) is 9.55 Å². The Morgan fingerprint density at radius 3 is 2.92 bits per heavy atom. The van der Waals surface area contributed by atoms with E-state index in [1.807, 2.05) is 6.07 Å². The SMILES string of the molecule is COC(=O)c1cccc(Nc2nc3sc4c(c3c(=O)n2C)CCCC4)c1. The molecule has 2 heterocycles. The van der Waals surface area contributed by atoms with Crippen LogP contribution in [0.25, 0.3) is 10.2 Å². The van der Waals surface area contributed by atoms with Crippen molar-refractivity contribution in [3.8, 4) is 0 Å². The number of rotatable bonds is 3. The van der Waals surface area contributed by atoms with Gasteiger partial charge in [0.2, 0.25) is 5.95 Å². The molecule has 7 heteroatoms. The summed E-state index contributed by atoms with van der Waals surface area (Å²) in [6.45, 7) is 0. The minimum atomic E-state index is -0.406. The highest BCUT2D eigenvalue weighted by Crippen LogP contribution is 2.34. The van der Waals surface area contributed by atoms with Gasteiger partial charge in [0.1, 0.15) is 4.83 Å². The number of fused-ring (bicyclic) bond motifs is 3. The number of esters is 1. The van der Waals surface area contributed by atoms with Crippen LogP contribution >= 0.6 is 11.3 Å². The molecule has 26 heavy (non-hydrogen) atoms. The van der Waals surface area contributed by atoms with E-state index in [-0.39, 0.29) is 5.56 Å². The summed E-state index contributed by atoms with van der Waals surface area (Å²) in [5.41, 5.74) is 2.27. The monoisotopic (exact) mass is 369 g/mol. The number of benzene rings is 1. The molecular formula is C19H19N3O3S. The molecule has 134 valence electrons. The first-order valence-corrected chi connectivity index (χ1v) is 9.37. The lowest BCUT2D eigenvalue weighted by Crippen LogP contribution is -2.21. The van der Waals surface area contributed by atoms with Gasteiger partial charge in [-0.3, -0.25) is 9.36 Å². The quantitative estimate of drug-likeness (QED) is 0.716. The third kappa shape index (κ3) is 2.78. The Hall–Kier alpha value is -2.67. The van der Waals surface area contributed by atoms with Crippen LogP contribution in [0.3, 0.4) is 0 Å². The largest absolute Gasteiger partial charge is 0.465 e. The molecule has 0 saturated carbocycles. The standard InChI is InChI=1S/C19H19N3O3S/c1-22-17(23)15-13-8-3-4-9-14(13)26-16(15)21-19(22)20-12-7-5-6-11(10-12)18(24)25-2/h5-7,10H,3-4,8-9H2,1-2H3,(H,20,21). The molecule has 4 rings (SSSR count). The Morgan fingerprint density at radius 2 is 2.12 bits per heavy atom. The molecule has 0 unspecified atom stereocenters. The Bertz CT molecular complexity index is 1070. The molecule has 0 aliphatic heterocycles. The van der Waals surface area contributed by atoms with E-state index in [2.05, 4.69) is 10.3 Å². The smallest absolute Gasteiger partial charge is 0.337 e. The van der Waals surface area contributed by atoms with Crippen molar-refractivity contribution in [3.05, 3.63) is 50.6 Å². The number of thiophene rings is 1. The van der Waals surface area contributed by atoms with Crippen LogP contribution in [0.1, 0.15) is 33.6 Å². The second-order valence-electron chi connectivity index (χ2n) is 6.39. The minimum Gasteiger partial charge on any atom is -0.465 e. The number of ether oxygens (including phenoxy) is 1. The molecule has 0 radical (unpaired) electrons. The summed E-state index contributed by atoms with van der Waals surface area (Å²) < 4.78 is 6.29. The van der Waals surface area contributed by atoms with Crippen molar-refractivity contribution in [2.24, 2.45) is 7.05 Å². The maximum atomic E-state index is 12.9. The summed E-state index contributed by atoms with van der Waals surface area (Å²) in [5, 5.41) is 3.92. The fourth-order valence-electron chi connectivity index (χ4n) is 3.37. The second-order valence-corrected chi connectivity index (χ2v) is 7.47. The lowest BCUT2D eigenvalue weighted by Gasteiger charge is -2.12. The number of anilines is 2. The van der Waals surface area contributed by atoms with Crippen LogP contribution in [0.15, 0.2) is 29.1 Å². The Labute approximate surface area is 154 Å². The molecule has 1 aliphatic carbocycles. The zero-order chi connectivity index (χ0) is 18.3. The minimum absolute atomic E-state index is 0.0268. The zero-order valence-corrected chi connectivity index (χ0v) is 15.5. The van der Waals surface area contributed by atoms with E-state index in [4.69, 9.17) is 4.74 Å². The van der Waals surface area contributed by atoms with Crippen LogP contribution in [0.2, 0.25) is 0 Å². The summed E-state index contributed by atoms with van der Waals surface area (Å²) >= 11 is 1.62. The van der Waals surface area contributed by atoms with Gasteiger partial charge in [0.25, 0.3) is 5.56 Å². The summed E-state index contributed by atoms with van der Waals surface area (Å²) in [6, 6.07) is 6.94. The highest BCUT2D eigenvalue weighted by molar-refractivity contribution is 7.18. The van der Waals surface area contributed by atoms with Gasteiger partial charge in [-0.1, -0.05) is 6.07 Å². The fraction of sp³-hybridized carbons (Fsp3) is 0.316. The number of hydrogen-bond acceptors (Lipinski definition) is 6. The van der Waals surface area contributed by atoms with Crippen molar-refractivity contribution < 1.29 is 9.53 Å². The van der Waals surface area contributed by atoms with Gasteiger partial charge in [-0.2, -0.15) is 0 Å². The summed E-state index contributed by atoms with van der Waals surface area (Å²) in [6.07, 6.45) is 4.29. The van der Waals surface area contributed by atoms with Gasteiger partial charge >= 0.3 is 5.97 Å². The number of aromatic nitrogens is 2. The first-order valence-electron chi connectivity index (χ1n) is 8.55. The predicted molar refractivity (Wildman–Crippen MR) is 103 cm³/mol. The van der Waals surface area contributed by atoms with Gasteiger partial charge < -0.3 is 10.1 Å². The van der Waals surface area contributed by atoms with E-state index < -0.39 is 5.97 Å². The molecule has 6 nitrogen and oxygen atoms in total. The summed E-state index contributed by atoms with van der Waals surface area (Å²) in [4.78, 5) is 31.4. The predicted octanol–water partition coefficient (Wildman–Crippen LogP) is 3.40. The lowest BCUT2D eigenvalue weighted by molar-refractivity contribution is 0.0601. The van der Waals surface area contributed by atoms with E-state index in [0.717, 1.165) is 29.5 Å². The highest BCUT2D eigenvalue weighted by atomic mass is 32.1. The number of methoxy groups -OCH3 is 1. The van der Waals surface area contributed by atoms with Crippen molar-refractivity contribution in [2.75, 3.05) is 12.4 Å². The average Bonchev–Trinajstić information content (AvgIpc) is 3.03. The Balaban J connectivity index is 1.77. The van der Waals surface area contributed by atoms with E-state index in [1.54, 1.807) is 36.6 Å². The van der Waals surface area contributed by atoms with Crippen LogP contribution in [0.4, 0.5) is 11.6 Å². The lowest BCUT2D eigenvalue weighted by atomic mass is 9.97. The summed E-state index contributed by atoms with van der Waals surface area (Å²) in [5.74, 6) is 0.0556. The molecule has 0 atom stereocenters. The van der Waals surface area contributed by atoms with E-state index >= 15 is 0 Å². The van der Waals surface area contributed by atoms with E-state index in [9.17, 15) is 9.59 Å². The number of carbonyl (C=O) groups excluding carboxylic acids is 1. The maximum Gasteiger partial charge on any atom is 0.337 e. The van der Waals surface area contributed by atoms with E-state index in [0.29, 0.717) is 17.2 Å². The van der Waals surface area contributed by atoms with Crippen LogP contribution in [-0.4, -0.2) is 22.6 Å².